The number of likely N-dealkylation sites (N-methyl/N-ethyl adjacent to an activating group) is 1. The number of piperazine rings is 1. The van der Waals surface area contributed by atoms with E-state index in [9.17, 15) is 0 Å². The maximum absolute atomic E-state index is 6.20. The Balaban J connectivity index is 1.74. The second-order valence-electron chi connectivity index (χ2n) is 8.05. The molecule has 0 bridgehead atoms. The second kappa shape index (κ2) is 6.36. The van der Waals surface area contributed by atoms with Crippen LogP contribution in [0.15, 0.2) is 18.2 Å². The third-order valence-corrected chi connectivity index (χ3v) is 5.95. The minimum absolute atomic E-state index is 0.277. The van der Waals surface area contributed by atoms with Crippen LogP contribution in [0, 0.1) is 6.92 Å². The molecule has 0 saturated carbocycles. The van der Waals surface area contributed by atoms with Crippen molar-refractivity contribution in [2.24, 2.45) is 0 Å². The van der Waals surface area contributed by atoms with Crippen molar-refractivity contribution in [3.63, 3.8) is 0 Å². The van der Waals surface area contributed by atoms with Crippen LogP contribution in [-0.2, 0) is 9.31 Å². The Bertz CT molecular complexity index is 579. The van der Waals surface area contributed by atoms with Crippen molar-refractivity contribution in [3.8, 4) is 0 Å². The number of anilines is 1. The van der Waals surface area contributed by atoms with Gasteiger partial charge in [-0.15, -0.1) is 0 Å². The molecular weight excluding hydrogens is 299 g/mol. The van der Waals surface area contributed by atoms with E-state index in [0.29, 0.717) is 0 Å². The van der Waals surface area contributed by atoms with Crippen molar-refractivity contribution in [3.05, 3.63) is 23.8 Å². The first-order chi connectivity index (χ1) is 11.2. The highest BCUT2D eigenvalue weighted by Crippen LogP contribution is 2.36. The van der Waals surface area contributed by atoms with Crippen LogP contribution in [0.1, 0.15) is 40.2 Å². The van der Waals surface area contributed by atoms with Gasteiger partial charge in [0.1, 0.15) is 0 Å². The van der Waals surface area contributed by atoms with E-state index in [-0.39, 0.29) is 18.3 Å². The number of benzene rings is 1. The van der Waals surface area contributed by atoms with Crippen LogP contribution < -0.4 is 10.4 Å². The predicted molar refractivity (Wildman–Crippen MR) is 101 cm³/mol. The summed E-state index contributed by atoms with van der Waals surface area (Å²) in [5.41, 5.74) is 3.11. The Morgan fingerprint density at radius 3 is 2.08 bits per heavy atom. The molecule has 132 valence electrons. The van der Waals surface area contributed by atoms with Gasteiger partial charge in [0.25, 0.3) is 0 Å². The average molecular weight is 330 g/mol. The summed E-state index contributed by atoms with van der Waals surface area (Å²) in [5, 5.41) is 0. The maximum atomic E-state index is 6.20. The summed E-state index contributed by atoms with van der Waals surface area (Å²) >= 11 is 0. The van der Waals surface area contributed by atoms with Crippen molar-refractivity contribution in [1.82, 2.24) is 4.90 Å². The molecule has 3 rings (SSSR count). The zero-order valence-electron chi connectivity index (χ0n) is 16.1. The molecule has 1 aromatic carbocycles. The molecule has 5 heteroatoms. The van der Waals surface area contributed by atoms with Crippen molar-refractivity contribution in [1.29, 1.82) is 0 Å². The summed E-state index contributed by atoms with van der Waals surface area (Å²) < 4.78 is 12.4. The SMILES string of the molecule is CCN1CCN(c2ccc(B3OC(C)(C)C(C)(C)O3)c(C)c2)CC1. The lowest BCUT2D eigenvalue weighted by molar-refractivity contribution is 0.00578. The largest absolute Gasteiger partial charge is 0.495 e. The molecule has 0 radical (unpaired) electrons. The molecule has 0 spiro atoms. The number of rotatable bonds is 3. The lowest BCUT2D eigenvalue weighted by atomic mass is 9.76. The van der Waals surface area contributed by atoms with Gasteiger partial charge in [0.05, 0.1) is 11.2 Å². The summed E-state index contributed by atoms with van der Waals surface area (Å²) in [6, 6.07) is 6.68. The maximum Gasteiger partial charge on any atom is 0.495 e. The van der Waals surface area contributed by atoms with Crippen LogP contribution in [0.3, 0.4) is 0 Å². The summed E-state index contributed by atoms with van der Waals surface area (Å²) in [4.78, 5) is 4.98. The Labute approximate surface area is 147 Å². The fourth-order valence-corrected chi connectivity index (χ4v) is 3.41. The Kier molecular flexibility index (Phi) is 4.71. The molecule has 2 aliphatic rings. The first kappa shape index (κ1) is 17.8. The fourth-order valence-electron chi connectivity index (χ4n) is 3.41. The Morgan fingerprint density at radius 2 is 1.58 bits per heavy atom. The van der Waals surface area contributed by atoms with Crippen molar-refractivity contribution >= 4 is 18.3 Å². The van der Waals surface area contributed by atoms with Crippen LogP contribution in [0.4, 0.5) is 5.69 Å². The fraction of sp³-hybridized carbons (Fsp3) is 0.684. The molecule has 2 saturated heterocycles. The molecule has 0 N–H and O–H groups in total. The van der Waals surface area contributed by atoms with Crippen molar-refractivity contribution in [2.75, 3.05) is 37.6 Å². The van der Waals surface area contributed by atoms with Gasteiger partial charge in [0.15, 0.2) is 0 Å². The smallest absolute Gasteiger partial charge is 0.399 e. The van der Waals surface area contributed by atoms with Gasteiger partial charge in [-0.05, 0) is 64.3 Å². The molecule has 0 aliphatic carbocycles. The van der Waals surface area contributed by atoms with E-state index in [2.05, 4.69) is 69.5 Å². The van der Waals surface area contributed by atoms with Crippen LogP contribution in [0.2, 0.25) is 0 Å². The number of hydrogen-bond acceptors (Lipinski definition) is 4. The highest BCUT2D eigenvalue weighted by molar-refractivity contribution is 6.62. The van der Waals surface area contributed by atoms with Crippen molar-refractivity contribution < 1.29 is 9.31 Å². The number of aryl methyl sites for hydroxylation is 1. The van der Waals surface area contributed by atoms with Crippen molar-refractivity contribution in [2.45, 2.75) is 52.7 Å². The first-order valence-electron chi connectivity index (χ1n) is 9.17. The third-order valence-electron chi connectivity index (χ3n) is 5.95. The van der Waals surface area contributed by atoms with Gasteiger partial charge < -0.3 is 19.1 Å². The molecule has 0 atom stereocenters. The summed E-state index contributed by atoms with van der Waals surface area (Å²) in [7, 11) is -0.277. The molecule has 0 unspecified atom stereocenters. The minimum atomic E-state index is -0.292. The van der Waals surface area contributed by atoms with Crippen LogP contribution in [0.25, 0.3) is 0 Å². The van der Waals surface area contributed by atoms with E-state index >= 15 is 0 Å². The molecular formula is C19H31BN2O2. The van der Waals surface area contributed by atoms with E-state index in [1.807, 2.05) is 0 Å². The van der Waals surface area contributed by atoms with E-state index in [1.165, 1.54) is 11.3 Å². The molecule has 24 heavy (non-hydrogen) atoms. The second-order valence-corrected chi connectivity index (χ2v) is 8.05. The highest BCUT2D eigenvalue weighted by atomic mass is 16.7. The van der Waals surface area contributed by atoms with E-state index in [0.717, 1.165) is 38.2 Å². The quantitative estimate of drug-likeness (QED) is 0.795. The lowest BCUT2D eigenvalue weighted by Crippen LogP contribution is -2.46. The standard InChI is InChI=1S/C19H31BN2O2/c1-7-21-10-12-22(13-11-21)16-8-9-17(15(2)14-16)20-23-18(3,4)19(5,6)24-20/h8-9,14H,7,10-13H2,1-6H3. The molecule has 2 fully saturated rings. The summed E-state index contributed by atoms with van der Waals surface area (Å²) in [6.45, 7) is 18.4. The van der Waals surface area contributed by atoms with Crippen LogP contribution >= 0.6 is 0 Å². The zero-order valence-corrected chi connectivity index (χ0v) is 16.1. The van der Waals surface area contributed by atoms with E-state index in [1.54, 1.807) is 0 Å². The minimum Gasteiger partial charge on any atom is -0.399 e. The Hall–Kier alpha value is -1.04. The average Bonchev–Trinajstić information content (AvgIpc) is 2.75. The monoisotopic (exact) mass is 330 g/mol. The molecule has 1 aromatic rings. The topological polar surface area (TPSA) is 24.9 Å². The third kappa shape index (κ3) is 3.22. The molecule has 4 nitrogen and oxygen atoms in total. The van der Waals surface area contributed by atoms with Gasteiger partial charge in [-0.1, -0.05) is 13.0 Å². The first-order valence-corrected chi connectivity index (χ1v) is 9.17. The number of hydrogen-bond donors (Lipinski definition) is 0. The predicted octanol–water partition coefficient (Wildman–Crippen LogP) is 2.44. The summed E-state index contributed by atoms with van der Waals surface area (Å²) in [5.74, 6) is 0. The molecule has 2 aliphatic heterocycles. The van der Waals surface area contributed by atoms with Gasteiger partial charge >= 0.3 is 7.12 Å². The number of nitrogens with zero attached hydrogens (tertiary/aromatic N) is 2. The normalized spacial score (nSPS) is 23.8. The van der Waals surface area contributed by atoms with Gasteiger partial charge in [-0.2, -0.15) is 0 Å². The van der Waals surface area contributed by atoms with Crippen LogP contribution in [-0.4, -0.2) is 55.9 Å². The molecule has 0 aromatic heterocycles. The zero-order chi connectivity index (χ0) is 17.5. The van der Waals surface area contributed by atoms with Gasteiger partial charge in [-0.25, -0.2) is 0 Å². The van der Waals surface area contributed by atoms with Gasteiger partial charge in [-0.3, -0.25) is 0 Å². The summed E-state index contributed by atoms with van der Waals surface area (Å²) in [6.07, 6.45) is 0. The molecule has 2 heterocycles. The van der Waals surface area contributed by atoms with Gasteiger partial charge in [0.2, 0.25) is 0 Å². The Morgan fingerprint density at radius 1 is 1.00 bits per heavy atom. The highest BCUT2D eigenvalue weighted by Gasteiger charge is 2.52. The van der Waals surface area contributed by atoms with E-state index < -0.39 is 0 Å². The molecule has 0 amide bonds. The lowest BCUT2D eigenvalue weighted by Gasteiger charge is -2.35. The van der Waals surface area contributed by atoms with E-state index in [4.69, 9.17) is 9.31 Å². The van der Waals surface area contributed by atoms with Crippen LogP contribution in [0.5, 0.6) is 0 Å². The van der Waals surface area contributed by atoms with Gasteiger partial charge in [0, 0.05) is 31.9 Å².